The van der Waals surface area contributed by atoms with Crippen molar-refractivity contribution in [1.82, 2.24) is 5.32 Å². The fourth-order valence-electron chi connectivity index (χ4n) is 3.28. The molecule has 1 heterocycles. The smallest absolute Gasteiger partial charge is 0.408 e. The molecule has 31 heavy (non-hydrogen) atoms. The van der Waals surface area contributed by atoms with Gasteiger partial charge in [0.1, 0.15) is 24.0 Å². The van der Waals surface area contributed by atoms with E-state index in [-0.39, 0.29) is 12.4 Å². The Hall–Kier alpha value is -3.61. The van der Waals surface area contributed by atoms with Gasteiger partial charge in [0.05, 0.1) is 5.39 Å². The number of hydrogen-bond donors (Lipinski definition) is 1. The minimum atomic E-state index is -0.875. The summed E-state index contributed by atoms with van der Waals surface area (Å²) in [6, 6.07) is 13.1. The fourth-order valence-corrected chi connectivity index (χ4v) is 3.28. The Morgan fingerprint density at radius 3 is 2.55 bits per heavy atom. The van der Waals surface area contributed by atoms with E-state index in [2.05, 4.69) is 5.32 Å². The zero-order chi connectivity index (χ0) is 22.4. The lowest BCUT2D eigenvalue weighted by Crippen LogP contribution is -2.43. The molecular weight excluding hydrogens is 398 g/mol. The summed E-state index contributed by atoms with van der Waals surface area (Å²) in [7, 11) is 0. The molecule has 1 amide bonds. The third-order valence-corrected chi connectivity index (χ3v) is 4.73. The van der Waals surface area contributed by atoms with Gasteiger partial charge >= 0.3 is 17.7 Å². The minimum absolute atomic E-state index is 0.0985. The summed E-state index contributed by atoms with van der Waals surface area (Å²) < 4.78 is 16.1. The topological polar surface area (TPSA) is 94.8 Å². The number of amides is 1. The van der Waals surface area contributed by atoms with E-state index in [1.807, 2.05) is 44.2 Å². The quantitative estimate of drug-likeness (QED) is 0.344. The number of esters is 1. The van der Waals surface area contributed by atoms with Gasteiger partial charge in [0.25, 0.3) is 0 Å². The van der Waals surface area contributed by atoms with Crippen molar-refractivity contribution >= 4 is 23.0 Å². The maximum absolute atomic E-state index is 12.9. The van der Waals surface area contributed by atoms with Crippen LogP contribution in [0.3, 0.4) is 0 Å². The van der Waals surface area contributed by atoms with Crippen molar-refractivity contribution < 1.29 is 23.5 Å². The molecule has 1 N–H and O–H groups in total. The summed E-state index contributed by atoms with van der Waals surface area (Å²) in [5, 5.41) is 3.13. The summed E-state index contributed by atoms with van der Waals surface area (Å²) >= 11 is 0. The molecule has 1 unspecified atom stereocenters. The highest BCUT2D eigenvalue weighted by molar-refractivity contribution is 5.91. The zero-order valence-electron chi connectivity index (χ0n) is 17.8. The second-order valence-electron chi connectivity index (χ2n) is 7.35. The predicted octanol–water partition coefficient (Wildman–Crippen LogP) is 4.41. The summed E-state index contributed by atoms with van der Waals surface area (Å²) in [5.41, 5.74) is 2.12. The maximum atomic E-state index is 12.9. The normalized spacial score (nSPS) is 11.7. The molecule has 1 aromatic heterocycles. The number of aryl methyl sites for hydroxylation is 2. The van der Waals surface area contributed by atoms with E-state index in [1.54, 1.807) is 19.1 Å². The molecular formula is C24H25NO6. The van der Waals surface area contributed by atoms with Crippen LogP contribution in [-0.4, -0.2) is 18.1 Å². The number of rotatable bonds is 7. The molecule has 0 spiro atoms. The van der Waals surface area contributed by atoms with E-state index in [1.165, 1.54) is 6.07 Å². The van der Waals surface area contributed by atoms with Gasteiger partial charge in [-0.15, -0.1) is 0 Å². The minimum Gasteiger partial charge on any atom is -0.445 e. The first kappa shape index (κ1) is 22.1. The summed E-state index contributed by atoms with van der Waals surface area (Å²) in [5.74, 6) is -0.335. The number of carbonyl (C=O) groups excluding carboxylic acids is 2. The second kappa shape index (κ2) is 9.93. The Labute approximate surface area is 180 Å². The summed E-state index contributed by atoms with van der Waals surface area (Å²) in [4.78, 5) is 36.8. The van der Waals surface area contributed by atoms with Crippen molar-refractivity contribution in [2.24, 2.45) is 0 Å². The average Bonchev–Trinajstić information content (AvgIpc) is 2.71. The van der Waals surface area contributed by atoms with Crippen molar-refractivity contribution in [3.63, 3.8) is 0 Å². The molecule has 0 radical (unpaired) electrons. The van der Waals surface area contributed by atoms with Crippen molar-refractivity contribution in [3.8, 4) is 5.75 Å². The highest BCUT2D eigenvalue weighted by Crippen LogP contribution is 2.30. The average molecular weight is 423 g/mol. The number of benzene rings is 2. The van der Waals surface area contributed by atoms with E-state index in [9.17, 15) is 14.4 Å². The van der Waals surface area contributed by atoms with Crippen LogP contribution >= 0.6 is 0 Å². The van der Waals surface area contributed by atoms with E-state index in [0.717, 1.165) is 11.1 Å². The number of hydrogen-bond acceptors (Lipinski definition) is 6. The van der Waals surface area contributed by atoms with E-state index >= 15 is 0 Å². The van der Waals surface area contributed by atoms with Gasteiger partial charge in [-0.25, -0.2) is 14.4 Å². The number of ether oxygens (including phenoxy) is 2. The Kier molecular flexibility index (Phi) is 7.07. The van der Waals surface area contributed by atoms with Crippen LogP contribution in [0.1, 0.15) is 36.5 Å². The molecule has 0 saturated carbocycles. The lowest BCUT2D eigenvalue weighted by molar-refractivity contribution is -0.136. The molecule has 1 atom stereocenters. The summed E-state index contributed by atoms with van der Waals surface area (Å²) in [6.45, 7) is 5.55. The Morgan fingerprint density at radius 2 is 1.84 bits per heavy atom. The van der Waals surface area contributed by atoms with Crippen LogP contribution in [0.4, 0.5) is 4.79 Å². The summed E-state index contributed by atoms with van der Waals surface area (Å²) in [6.07, 6.45) is 0.341. The first-order chi connectivity index (χ1) is 14.9. The van der Waals surface area contributed by atoms with Gasteiger partial charge in [-0.3, -0.25) is 0 Å². The van der Waals surface area contributed by atoms with E-state index in [0.29, 0.717) is 29.4 Å². The van der Waals surface area contributed by atoms with Crippen LogP contribution in [-0.2, 0) is 16.1 Å². The molecule has 0 saturated heterocycles. The van der Waals surface area contributed by atoms with Crippen LogP contribution in [0, 0.1) is 13.8 Å². The van der Waals surface area contributed by atoms with Crippen molar-refractivity contribution in [3.05, 3.63) is 75.6 Å². The Morgan fingerprint density at radius 1 is 1.10 bits per heavy atom. The van der Waals surface area contributed by atoms with Crippen LogP contribution in [0.15, 0.2) is 57.7 Å². The molecule has 2 aromatic carbocycles. The Bertz CT molecular complexity index is 1140. The van der Waals surface area contributed by atoms with Crippen LogP contribution in [0.2, 0.25) is 0 Å². The van der Waals surface area contributed by atoms with Gasteiger partial charge < -0.3 is 19.2 Å². The molecule has 0 bridgehead atoms. The molecule has 162 valence electrons. The Balaban J connectivity index is 1.75. The lowest BCUT2D eigenvalue weighted by atomic mass is 10.1. The molecule has 7 heteroatoms. The van der Waals surface area contributed by atoms with Crippen molar-refractivity contribution in [2.75, 3.05) is 0 Å². The molecule has 3 aromatic rings. The van der Waals surface area contributed by atoms with Gasteiger partial charge in [0, 0.05) is 6.07 Å². The third kappa shape index (κ3) is 5.72. The van der Waals surface area contributed by atoms with Gasteiger partial charge in [0.15, 0.2) is 0 Å². The van der Waals surface area contributed by atoms with Gasteiger partial charge in [0.2, 0.25) is 0 Å². The van der Waals surface area contributed by atoms with E-state index < -0.39 is 23.7 Å². The highest BCUT2D eigenvalue weighted by atomic mass is 16.6. The molecule has 0 aliphatic rings. The fraction of sp³-hybridized carbons (Fsp3) is 0.292. The lowest BCUT2D eigenvalue weighted by Gasteiger charge is -2.18. The van der Waals surface area contributed by atoms with Gasteiger partial charge in [-0.05, 0) is 49.1 Å². The first-order valence-corrected chi connectivity index (χ1v) is 10.1. The number of alkyl carbamates (subject to hydrolysis) is 1. The molecule has 7 nitrogen and oxygen atoms in total. The standard InChI is InChI=1S/C24H25NO6/c1-4-8-18(25-24(28)29-14-17-9-6-5-7-10-17)23(27)31-20-12-15(2)11-19-22(20)16(3)13-21(26)30-19/h5-7,9-13,18H,4,8,14H2,1-3H3,(H,25,28). The number of nitrogens with one attached hydrogen (secondary N) is 1. The van der Waals surface area contributed by atoms with Gasteiger partial charge in [-0.1, -0.05) is 43.7 Å². The third-order valence-electron chi connectivity index (χ3n) is 4.73. The molecule has 0 aliphatic heterocycles. The van der Waals surface area contributed by atoms with Crippen molar-refractivity contribution in [1.29, 1.82) is 0 Å². The number of fused-ring (bicyclic) bond motifs is 1. The van der Waals surface area contributed by atoms with Crippen LogP contribution < -0.4 is 15.7 Å². The largest absolute Gasteiger partial charge is 0.445 e. The van der Waals surface area contributed by atoms with Crippen molar-refractivity contribution in [2.45, 2.75) is 46.3 Å². The first-order valence-electron chi connectivity index (χ1n) is 10.1. The SMILES string of the molecule is CCCC(NC(=O)OCc1ccccc1)C(=O)Oc1cc(C)cc2oc(=O)cc(C)c12. The molecule has 3 rings (SSSR count). The second-order valence-corrected chi connectivity index (χ2v) is 7.35. The van der Waals surface area contributed by atoms with Gasteiger partial charge in [-0.2, -0.15) is 0 Å². The number of carbonyl (C=O) groups is 2. The zero-order valence-corrected chi connectivity index (χ0v) is 17.8. The maximum Gasteiger partial charge on any atom is 0.408 e. The molecule has 0 aliphatic carbocycles. The highest BCUT2D eigenvalue weighted by Gasteiger charge is 2.24. The molecule has 0 fully saturated rings. The van der Waals surface area contributed by atoms with Crippen LogP contribution in [0.5, 0.6) is 5.75 Å². The van der Waals surface area contributed by atoms with Crippen LogP contribution in [0.25, 0.3) is 11.0 Å². The monoisotopic (exact) mass is 423 g/mol. The predicted molar refractivity (Wildman–Crippen MR) is 116 cm³/mol. The van der Waals surface area contributed by atoms with E-state index in [4.69, 9.17) is 13.9 Å².